The minimum Gasteiger partial charge on any atom is -0.467 e. The molecule has 1 fully saturated rings. The molecule has 1 aliphatic rings. The van der Waals surface area contributed by atoms with Gasteiger partial charge in [0.25, 0.3) is 0 Å². The standard InChI is InChI=1S/C12H19N3O5/c1-7(16)13-8(10(18)20-4)5-15-6-9(17)14-11(19)12(15,2)3/h8H,5-6H2,1-4H3,(H,13,16)(H,14,17,19). The van der Waals surface area contributed by atoms with Crippen molar-refractivity contribution in [2.45, 2.75) is 32.4 Å². The summed E-state index contributed by atoms with van der Waals surface area (Å²) in [6, 6.07) is -0.935. The molecule has 1 atom stereocenters. The van der Waals surface area contributed by atoms with Crippen molar-refractivity contribution in [2.75, 3.05) is 20.2 Å². The molecule has 0 bridgehead atoms. The summed E-state index contributed by atoms with van der Waals surface area (Å²) in [7, 11) is 1.20. The molecule has 0 radical (unpaired) electrons. The molecule has 20 heavy (non-hydrogen) atoms. The van der Waals surface area contributed by atoms with Crippen LogP contribution in [-0.2, 0) is 23.9 Å². The number of nitrogens with one attached hydrogen (secondary N) is 2. The lowest BCUT2D eigenvalue weighted by molar-refractivity contribution is -0.151. The number of esters is 1. The Bertz CT molecular complexity index is 446. The molecule has 0 spiro atoms. The number of carbonyl (C=O) groups excluding carboxylic acids is 4. The van der Waals surface area contributed by atoms with Crippen LogP contribution < -0.4 is 10.6 Å². The molecule has 3 amide bonds. The lowest BCUT2D eigenvalue weighted by Gasteiger charge is -2.41. The Morgan fingerprint density at radius 3 is 2.55 bits per heavy atom. The second-order valence-electron chi connectivity index (χ2n) is 5.09. The number of hydrogen-bond acceptors (Lipinski definition) is 6. The SMILES string of the molecule is COC(=O)C(CN1CC(=O)NC(=O)C1(C)C)NC(C)=O. The van der Waals surface area contributed by atoms with E-state index in [1.54, 1.807) is 13.8 Å². The first-order valence-electron chi connectivity index (χ1n) is 6.12. The molecular weight excluding hydrogens is 266 g/mol. The van der Waals surface area contributed by atoms with E-state index in [4.69, 9.17) is 0 Å². The quantitative estimate of drug-likeness (QED) is 0.476. The third-order valence-electron chi connectivity index (χ3n) is 3.20. The maximum atomic E-state index is 11.8. The van der Waals surface area contributed by atoms with Crippen molar-refractivity contribution in [3.63, 3.8) is 0 Å². The number of imide groups is 1. The summed E-state index contributed by atoms with van der Waals surface area (Å²) >= 11 is 0. The van der Waals surface area contributed by atoms with Crippen LogP contribution in [0, 0.1) is 0 Å². The Labute approximate surface area is 116 Å². The Kier molecular flexibility index (Phi) is 4.83. The van der Waals surface area contributed by atoms with E-state index in [0.29, 0.717) is 0 Å². The van der Waals surface area contributed by atoms with Gasteiger partial charge < -0.3 is 10.1 Å². The molecule has 1 rings (SSSR count). The fourth-order valence-electron chi connectivity index (χ4n) is 1.91. The van der Waals surface area contributed by atoms with Crippen molar-refractivity contribution >= 4 is 23.7 Å². The van der Waals surface area contributed by atoms with E-state index in [9.17, 15) is 19.2 Å². The first-order chi connectivity index (χ1) is 9.18. The highest BCUT2D eigenvalue weighted by molar-refractivity contribution is 6.03. The first-order valence-corrected chi connectivity index (χ1v) is 6.12. The van der Waals surface area contributed by atoms with Gasteiger partial charge in [-0.1, -0.05) is 0 Å². The Morgan fingerprint density at radius 1 is 1.45 bits per heavy atom. The molecular formula is C12H19N3O5. The molecule has 2 N–H and O–H groups in total. The smallest absolute Gasteiger partial charge is 0.329 e. The summed E-state index contributed by atoms with van der Waals surface area (Å²) in [5.41, 5.74) is -0.960. The van der Waals surface area contributed by atoms with E-state index in [1.807, 2.05) is 0 Å². The van der Waals surface area contributed by atoms with Crippen LogP contribution in [-0.4, -0.2) is 60.4 Å². The van der Waals surface area contributed by atoms with Crippen molar-refractivity contribution in [1.82, 2.24) is 15.5 Å². The zero-order valence-corrected chi connectivity index (χ0v) is 12.0. The average Bonchev–Trinajstić information content (AvgIpc) is 2.33. The molecule has 0 aliphatic carbocycles. The monoisotopic (exact) mass is 285 g/mol. The van der Waals surface area contributed by atoms with Gasteiger partial charge in [0.2, 0.25) is 17.7 Å². The van der Waals surface area contributed by atoms with Gasteiger partial charge in [0, 0.05) is 13.5 Å². The van der Waals surface area contributed by atoms with Gasteiger partial charge in [0.05, 0.1) is 19.2 Å². The van der Waals surface area contributed by atoms with E-state index >= 15 is 0 Å². The van der Waals surface area contributed by atoms with Crippen molar-refractivity contribution in [3.8, 4) is 0 Å². The molecule has 1 heterocycles. The van der Waals surface area contributed by atoms with E-state index in [-0.39, 0.29) is 13.1 Å². The molecule has 1 aliphatic heterocycles. The maximum absolute atomic E-state index is 11.8. The van der Waals surface area contributed by atoms with Crippen LogP contribution in [0.2, 0.25) is 0 Å². The number of piperazine rings is 1. The van der Waals surface area contributed by atoms with Crippen LogP contribution in [0.15, 0.2) is 0 Å². The zero-order valence-electron chi connectivity index (χ0n) is 12.0. The van der Waals surface area contributed by atoms with Gasteiger partial charge >= 0.3 is 5.97 Å². The predicted molar refractivity (Wildman–Crippen MR) is 68.4 cm³/mol. The van der Waals surface area contributed by atoms with Crippen molar-refractivity contribution < 1.29 is 23.9 Å². The van der Waals surface area contributed by atoms with Gasteiger partial charge in [-0.05, 0) is 13.8 Å². The van der Waals surface area contributed by atoms with Crippen LogP contribution in [0.5, 0.6) is 0 Å². The molecule has 112 valence electrons. The number of carbonyl (C=O) groups is 4. The number of methoxy groups -OCH3 is 1. The van der Waals surface area contributed by atoms with Gasteiger partial charge in [0.15, 0.2) is 0 Å². The van der Waals surface area contributed by atoms with Gasteiger partial charge in [-0.15, -0.1) is 0 Å². The van der Waals surface area contributed by atoms with E-state index in [2.05, 4.69) is 15.4 Å². The largest absolute Gasteiger partial charge is 0.467 e. The van der Waals surface area contributed by atoms with E-state index in [0.717, 1.165) is 0 Å². The lowest BCUT2D eigenvalue weighted by Crippen LogP contribution is -2.66. The number of amides is 3. The summed E-state index contributed by atoms with van der Waals surface area (Å²) in [5.74, 6) is -1.92. The second kappa shape index (κ2) is 6.00. The van der Waals surface area contributed by atoms with Gasteiger partial charge in [-0.2, -0.15) is 0 Å². The summed E-state index contributed by atoms with van der Waals surface area (Å²) in [6.45, 7) is 4.52. The average molecular weight is 285 g/mol. The maximum Gasteiger partial charge on any atom is 0.329 e. The highest BCUT2D eigenvalue weighted by Gasteiger charge is 2.42. The summed E-state index contributed by atoms with van der Waals surface area (Å²) in [4.78, 5) is 47.5. The number of hydrogen-bond donors (Lipinski definition) is 2. The van der Waals surface area contributed by atoms with Crippen molar-refractivity contribution in [2.24, 2.45) is 0 Å². The molecule has 8 nitrogen and oxygen atoms in total. The van der Waals surface area contributed by atoms with Crippen LogP contribution in [0.1, 0.15) is 20.8 Å². The third-order valence-corrected chi connectivity index (χ3v) is 3.20. The minimum absolute atomic E-state index is 0.0123. The first kappa shape index (κ1) is 16.1. The van der Waals surface area contributed by atoms with Crippen LogP contribution in [0.25, 0.3) is 0 Å². The molecule has 8 heteroatoms. The van der Waals surface area contributed by atoms with Crippen LogP contribution >= 0.6 is 0 Å². The van der Waals surface area contributed by atoms with Crippen LogP contribution in [0.3, 0.4) is 0 Å². The topological polar surface area (TPSA) is 105 Å². The molecule has 0 aromatic heterocycles. The minimum atomic E-state index is -0.960. The molecule has 0 saturated carbocycles. The van der Waals surface area contributed by atoms with Gasteiger partial charge in [-0.3, -0.25) is 24.6 Å². The predicted octanol–water partition coefficient (Wildman–Crippen LogP) is -1.60. The summed E-state index contributed by atoms with van der Waals surface area (Å²) in [5, 5.41) is 4.68. The molecule has 0 aromatic carbocycles. The Hall–Kier alpha value is -1.96. The summed E-state index contributed by atoms with van der Waals surface area (Å²) in [6.07, 6.45) is 0. The fourth-order valence-corrected chi connectivity index (χ4v) is 1.91. The zero-order chi connectivity index (χ0) is 15.5. The molecule has 1 saturated heterocycles. The highest BCUT2D eigenvalue weighted by atomic mass is 16.5. The molecule has 0 aromatic rings. The highest BCUT2D eigenvalue weighted by Crippen LogP contribution is 2.18. The number of rotatable bonds is 4. The Morgan fingerprint density at radius 2 is 2.05 bits per heavy atom. The normalized spacial score (nSPS) is 20.0. The number of nitrogens with zero attached hydrogens (tertiary/aromatic N) is 1. The van der Waals surface area contributed by atoms with E-state index < -0.39 is 35.3 Å². The third kappa shape index (κ3) is 3.53. The van der Waals surface area contributed by atoms with Crippen LogP contribution in [0.4, 0.5) is 0 Å². The van der Waals surface area contributed by atoms with E-state index in [1.165, 1.54) is 18.9 Å². The van der Waals surface area contributed by atoms with Crippen molar-refractivity contribution in [1.29, 1.82) is 0 Å². The van der Waals surface area contributed by atoms with Gasteiger partial charge in [-0.25, -0.2) is 4.79 Å². The van der Waals surface area contributed by atoms with Crippen molar-refractivity contribution in [3.05, 3.63) is 0 Å². The summed E-state index contributed by atoms with van der Waals surface area (Å²) < 4.78 is 4.61. The molecule has 1 unspecified atom stereocenters. The Balaban J connectivity index is 2.90. The van der Waals surface area contributed by atoms with Gasteiger partial charge in [0.1, 0.15) is 6.04 Å². The lowest BCUT2D eigenvalue weighted by atomic mass is 9.98. The second-order valence-corrected chi connectivity index (χ2v) is 5.09. The number of ether oxygens (including phenoxy) is 1. The fraction of sp³-hybridized carbons (Fsp3) is 0.667.